The standard InChI is InChI=1S/C15H24N4O2/c1-3-6-13-14(20)17-12(4-2)15(21)19(13)9-5-8-18-10-7-16-11-18/h7,10-13H,3-6,8-9H2,1-2H3,(H,17,20). The van der Waals surface area contributed by atoms with Crippen molar-refractivity contribution < 1.29 is 9.59 Å². The molecule has 6 heteroatoms. The fourth-order valence-corrected chi connectivity index (χ4v) is 2.77. The highest BCUT2D eigenvalue weighted by atomic mass is 16.2. The van der Waals surface area contributed by atoms with Crippen molar-refractivity contribution in [1.29, 1.82) is 0 Å². The van der Waals surface area contributed by atoms with Gasteiger partial charge in [0, 0.05) is 25.5 Å². The van der Waals surface area contributed by atoms with Crippen LogP contribution in [0.4, 0.5) is 0 Å². The number of hydrogen-bond acceptors (Lipinski definition) is 3. The van der Waals surface area contributed by atoms with E-state index in [-0.39, 0.29) is 23.9 Å². The summed E-state index contributed by atoms with van der Waals surface area (Å²) in [6.07, 6.45) is 8.49. The molecule has 2 unspecified atom stereocenters. The zero-order valence-corrected chi connectivity index (χ0v) is 12.8. The summed E-state index contributed by atoms with van der Waals surface area (Å²) in [4.78, 5) is 30.4. The zero-order valence-electron chi connectivity index (χ0n) is 12.8. The normalized spacial score (nSPS) is 22.5. The van der Waals surface area contributed by atoms with Gasteiger partial charge in [-0.3, -0.25) is 9.59 Å². The highest BCUT2D eigenvalue weighted by molar-refractivity contribution is 5.96. The molecule has 1 saturated heterocycles. The van der Waals surface area contributed by atoms with E-state index in [4.69, 9.17) is 0 Å². The molecule has 0 bridgehead atoms. The van der Waals surface area contributed by atoms with E-state index in [0.717, 1.165) is 25.8 Å². The summed E-state index contributed by atoms with van der Waals surface area (Å²) in [6.45, 7) is 5.38. The Balaban J connectivity index is 1.99. The van der Waals surface area contributed by atoms with Crippen LogP contribution in [0.5, 0.6) is 0 Å². The lowest BCUT2D eigenvalue weighted by molar-refractivity contribution is -0.149. The summed E-state index contributed by atoms with van der Waals surface area (Å²) in [5, 5.41) is 2.84. The van der Waals surface area contributed by atoms with Crippen LogP contribution >= 0.6 is 0 Å². The predicted octanol–water partition coefficient (Wildman–Crippen LogP) is 1.18. The number of piperazine rings is 1. The first kappa shape index (κ1) is 15.5. The molecular weight excluding hydrogens is 268 g/mol. The number of carbonyl (C=O) groups excluding carboxylic acids is 2. The van der Waals surface area contributed by atoms with Gasteiger partial charge in [-0.25, -0.2) is 4.98 Å². The molecule has 2 amide bonds. The third-order valence-corrected chi connectivity index (χ3v) is 3.92. The van der Waals surface area contributed by atoms with Crippen LogP contribution in [0.1, 0.15) is 39.5 Å². The van der Waals surface area contributed by atoms with Crippen molar-refractivity contribution in [2.45, 2.75) is 58.2 Å². The molecule has 6 nitrogen and oxygen atoms in total. The Morgan fingerprint density at radius 2 is 2.10 bits per heavy atom. The maximum atomic E-state index is 12.5. The van der Waals surface area contributed by atoms with Crippen molar-refractivity contribution >= 4 is 11.8 Å². The third-order valence-electron chi connectivity index (χ3n) is 3.92. The van der Waals surface area contributed by atoms with Crippen LogP contribution in [0.2, 0.25) is 0 Å². The molecule has 0 radical (unpaired) electrons. The molecule has 2 atom stereocenters. The first-order valence-electron chi connectivity index (χ1n) is 7.74. The number of amides is 2. The second-order valence-corrected chi connectivity index (χ2v) is 5.46. The van der Waals surface area contributed by atoms with Crippen molar-refractivity contribution in [2.24, 2.45) is 0 Å². The molecule has 1 aromatic heterocycles. The quantitative estimate of drug-likeness (QED) is 0.820. The maximum Gasteiger partial charge on any atom is 0.245 e. The van der Waals surface area contributed by atoms with Gasteiger partial charge < -0.3 is 14.8 Å². The van der Waals surface area contributed by atoms with Crippen LogP contribution in [0.15, 0.2) is 18.7 Å². The van der Waals surface area contributed by atoms with E-state index < -0.39 is 0 Å². The summed E-state index contributed by atoms with van der Waals surface area (Å²) in [7, 11) is 0. The molecule has 2 rings (SSSR count). The average Bonchev–Trinajstić information content (AvgIpc) is 2.98. The number of imidazole rings is 1. The number of nitrogens with one attached hydrogen (secondary N) is 1. The summed E-state index contributed by atoms with van der Waals surface area (Å²) in [5.74, 6) is 0.0483. The van der Waals surface area contributed by atoms with Gasteiger partial charge >= 0.3 is 0 Å². The molecule has 0 spiro atoms. The van der Waals surface area contributed by atoms with Gasteiger partial charge in [-0.05, 0) is 19.3 Å². The molecule has 0 aliphatic carbocycles. The number of nitrogens with zero attached hydrogens (tertiary/aromatic N) is 3. The highest BCUT2D eigenvalue weighted by Crippen LogP contribution is 2.17. The highest BCUT2D eigenvalue weighted by Gasteiger charge is 2.38. The fourth-order valence-electron chi connectivity index (χ4n) is 2.77. The molecule has 1 aliphatic heterocycles. The van der Waals surface area contributed by atoms with Gasteiger partial charge in [0.2, 0.25) is 11.8 Å². The Morgan fingerprint density at radius 3 is 2.71 bits per heavy atom. The van der Waals surface area contributed by atoms with Crippen molar-refractivity contribution in [3.05, 3.63) is 18.7 Å². The van der Waals surface area contributed by atoms with Crippen LogP contribution in [0.3, 0.4) is 0 Å². The lowest BCUT2D eigenvalue weighted by Gasteiger charge is -2.38. The van der Waals surface area contributed by atoms with Crippen LogP contribution in [-0.4, -0.2) is 44.9 Å². The van der Waals surface area contributed by atoms with Gasteiger partial charge in [0.05, 0.1) is 6.33 Å². The molecule has 1 fully saturated rings. The van der Waals surface area contributed by atoms with E-state index >= 15 is 0 Å². The van der Waals surface area contributed by atoms with Crippen LogP contribution in [-0.2, 0) is 16.1 Å². The second-order valence-electron chi connectivity index (χ2n) is 5.46. The van der Waals surface area contributed by atoms with E-state index in [1.165, 1.54) is 0 Å². The van der Waals surface area contributed by atoms with Crippen molar-refractivity contribution in [2.75, 3.05) is 6.54 Å². The lowest BCUT2D eigenvalue weighted by atomic mass is 10.0. The third kappa shape index (κ3) is 3.62. The van der Waals surface area contributed by atoms with Crippen LogP contribution in [0, 0.1) is 0 Å². The molecule has 0 aromatic carbocycles. The van der Waals surface area contributed by atoms with E-state index in [2.05, 4.69) is 10.3 Å². The summed E-state index contributed by atoms with van der Waals surface area (Å²) < 4.78 is 1.99. The number of rotatable bonds is 7. The van der Waals surface area contributed by atoms with Crippen molar-refractivity contribution in [3.63, 3.8) is 0 Å². The Labute approximate surface area is 125 Å². The van der Waals surface area contributed by atoms with E-state index in [1.54, 1.807) is 17.4 Å². The number of aryl methyl sites for hydroxylation is 1. The largest absolute Gasteiger partial charge is 0.343 e. The molecular formula is C15H24N4O2. The summed E-state index contributed by atoms with van der Waals surface area (Å²) in [6, 6.07) is -0.674. The van der Waals surface area contributed by atoms with Gasteiger partial charge in [0.1, 0.15) is 12.1 Å². The average molecular weight is 292 g/mol. The fraction of sp³-hybridized carbons (Fsp3) is 0.667. The Hall–Kier alpha value is -1.85. The van der Waals surface area contributed by atoms with Gasteiger partial charge in [0.15, 0.2) is 0 Å². The van der Waals surface area contributed by atoms with Gasteiger partial charge in [-0.15, -0.1) is 0 Å². The summed E-state index contributed by atoms with van der Waals surface area (Å²) in [5.41, 5.74) is 0. The molecule has 0 saturated carbocycles. The van der Waals surface area contributed by atoms with Gasteiger partial charge in [-0.1, -0.05) is 20.3 Å². The number of aromatic nitrogens is 2. The SMILES string of the molecule is CCCC1C(=O)NC(CC)C(=O)N1CCCn1ccnc1. The van der Waals surface area contributed by atoms with Crippen molar-refractivity contribution in [1.82, 2.24) is 19.8 Å². The molecule has 21 heavy (non-hydrogen) atoms. The monoisotopic (exact) mass is 292 g/mol. The minimum absolute atomic E-state index is 0.00840. The maximum absolute atomic E-state index is 12.5. The van der Waals surface area contributed by atoms with Crippen LogP contribution in [0.25, 0.3) is 0 Å². The molecule has 1 aliphatic rings. The predicted molar refractivity (Wildman–Crippen MR) is 79.5 cm³/mol. The van der Waals surface area contributed by atoms with Crippen molar-refractivity contribution in [3.8, 4) is 0 Å². The molecule has 1 N–H and O–H groups in total. The summed E-state index contributed by atoms with van der Waals surface area (Å²) >= 11 is 0. The number of hydrogen-bond donors (Lipinski definition) is 1. The smallest absolute Gasteiger partial charge is 0.245 e. The first-order chi connectivity index (χ1) is 10.2. The minimum atomic E-state index is -0.362. The zero-order chi connectivity index (χ0) is 15.2. The van der Waals surface area contributed by atoms with Crippen LogP contribution < -0.4 is 5.32 Å². The lowest BCUT2D eigenvalue weighted by Crippen LogP contribution is -2.63. The Kier molecular flexibility index (Phi) is 5.36. The molecule has 1 aromatic rings. The molecule has 116 valence electrons. The Bertz CT molecular complexity index is 472. The van der Waals surface area contributed by atoms with Gasteiger partial charge in [0.25, 0.3) is 0 Å². The minimum Gasteiger partial charge on any atom is -0.343 e. The van der Waals surface area contributed by atoms with E-state index in [1.807, 2.05) is 24.6 Å². The number of carbonyl (C=O) groups is 2. The van der Waals surface area contributed by atoms with Gasteiger partial charge in [-0.2, -0.15) is 0 Å². The topological polar surface area (TPSA) is 67.2 Å². The first-order valence-corrected chi connectivity index (χ1v) is 7.74. The Morgan fingerprint density at radius 1 is 1.29 bits per heavy atom. The van der Waals surface area contributed by atoms with E-state index in [0.29, 0.717) is 13.0 Å². The van der Waals surface area contributed by atoms with E-state index in [9.17, 15) is 9.59 Å². The second kappa shape index (κ2) is 7.24. The molecule has 2 heterocycles.